The van der Waals surface area contributed by atoms with Crippen molar-refractivity contribution in [3.05, 3.63) is 71.4 Å². The number of aromatic nitrogens is 2. The number of hydrogen-bond acceptors (Lipinski definition) is 6. The van der Waals surface area contributed by atoms with Crippen LogP contribution >= 0.6 is 11.9 Å². The number of hydrogen-bond donors (Lipinski definition) is 1. The zero-order valence-electron chi connectivity index (χ0n) is 17.9. The van der Waals surface area contributed by atoms with Crippen molar-refractivity contribution in [2.75, 3.05) is 36.4 Å². The molecular weight excluding hydrogens is 390 g/mol. The van der Waals surface area contributed by atoms with E-state index >= 15 is 0 Å². The van der Waals surface area contributed by atoms with Crippen LogP contribution in [0.5, 0.6) is 0 Å². The molecule has 0 aliphatic carbocycles. The predicted octanol–water partition coefficient (Wildman–Crippen LogP) is 5.23. The summed E-state index contributed by atoms with van der Waals surface area (Å²) in [5.41, 5.74) is 4.65. The van der Waals surface area contributed by atoms with Gasteiger partial charge >= 0.3 is 0 Å². The number of aryl methyl sites for hydroxylation is 3. The summed E-state index contributed by atoms with van der Waals surface area (Å²) in [4.78, 5) is 13.1. The van der Waals surface area contributed by atoms with E-state index in [-0.39, 0.29) is 0 Å². The van der Waals surface area contributed by atoms with Crippen LogP contribution in [0.25, 0.3) is 0 Å². The Morgan fingerprint density at radius 2 is 1.60 bits per heavy atom. The SMILES string of the molecule is CCc1ccc(SN2CCN(c3nc(C)cc(Nc4ccc(C)cc4)n3)CC2)cc1. The molecule has 1 N–H and O–H groups in total. The lowest BCUT2D eigenvalue weighted by molar-refractivity contribution is 0.426. The number of piperazine rings is 1. The minimum absolute atomic E-state index is 0.807. The summed E-state index contributed by atoms with van der Waals surface area (Å²) in [6.07, 6.45) is 1.08. The van der Waals surface area contributed by atoms with Gasteiger partial charge in [-0.15, -0.1) is 0 Å². The highest BCUT2D eigenvalue weighted by atomic mass is 32.2. The summed E-state index contributed by atoms with van der Waals surface area (Å²) >= 11 is 1.84. The zero-order valence-corrected chi connectivity index (χ0v) is 18.7. The third kappa shape index (κ3) is 5.32. The fraction of sp³-hybridized carbons (Fsp3) is 0.333. The van der Waals surface area contributed by atoms with E-state index < -0.39 is 0 Å². The molecule has 156 valence electrons. The first kappa shape index (κ1) is 20.7. The Kier molecular flexibility index (Phi) is 6.55. The monoisotopic (exact) mass is 419 g/mol. The maximum absolute atomic E-state index is 4.78. The Bertz CT molecular complexity index is 964. The molecule has 0 spiro atoms. The van der Waals surface area contributed by atoms with Crippen LogP contribution in [-0.2, 0) is 6.42 Å². The van der Waals surface area contributed by atoms with E-state index in [0.717, 1.165) is 55.7 Å². The molecule has 0 bridgehead atoms. The minimum atomic E-state index is 0.807. The average Bonchev–Trinajstić information content (AvgIpc) is 2.76. The molecule has 1 saturated heterocycles. The largest absolute Gasteiger partial charge is 0.340 e. The van der Waals surface area contributed by atoms with Crippen molar-refractivity contribution in [1.29, 1.82) is 0 Å². The first-order chi connectivity index (χ1) is 14.6. The van der Waals surface area contributed by atoms with Gasteiger partial charge in [-0.3, -0.25) is 0 Å². The maximum atomic E-state index is 4.78. The van der Waals surface area contributed by atoms with Gasteiger partial charge in [-0.1, -0.05) is 36.8 Å². The summed E-state index contributed by atoms with van der Waals surface area (Å²) in [5.74, 6) is 1.65. The van der Waals surface area contributed by atoms with Gasteiger partial charge in [-0.05, 0) is 62.0 Å². The number of benzene rings is 2. The molecule has 0 atom stereocenters. The van der Waals surface area contributed by atoms with E-state index in [0.29, 0.717) is 0 Å². The molecule has 1 aromatic heterocycles. The Morgan fingerprint density at radius 1 is 0.900 bits per heavy atom. The van der Waals surface area contributed by atoms with Gasteiger partial charge in [0.05, 0.1) is 0 Å². The maximum Gasteiger partial charge on any atom is 0.227 e. The van der Waals surface area contributed by atoms with Crippen LogP contribution in [0.2, 0.25) is 0 Å². The van der Waals surface area contributed by atoms with Crippen LogP contribution in [0, 0.1) is 13.8 Å². The summed E-state index contributed by atoms with van der Waals surface area (Å²) in [6, 6.07) is 19.3. The van der Waals surface area contributed by atoms with Gasteiger partial charge in [0, 0.05) is 48.5 Å². The van der Waals surface area contributed by atoms with Crippen molar-refractivity contribution < 1.29 is 0 Å². The molecule has 0 unspecified atom stereocenters. The number of nitrogens with one attached hydrogen (secondary N) is 1. The molecule has 3 aromatic rings. The Labute approximate surface area is 183 Å². The minimum Gasteiger partial charge on any atom is -0.340 e. The van der Waals surface area contributed by atoms with Crippen molar-refractivity contribution in [3.8, 4) is 0 Å². The lowest BCUT2D eigenvalue weighted by Gasteiger charge is -2.34. The molecular formula is C24H29N5S. The summed E-state index contributed by atoms with van der Waals surface area (Å²) < 4.78 is 2.43. The molecule has 2 aromatic carbocycles. The van der Waals surface area contributed by atoms with Crippen molar-refractivity contribution in [2.45, 2.75) is 32.1 Å². The topological polar surface area (TPSA) is 44.3 Å². The highest BCUT2D eigenvalue weighted by molar-refractivity contribution is 7.97. The fourth-order valence-electron chi connectivity index (χ4n) is 3.46. The van der Waals surface area contributed by atoms with Crippen LogP contribution in [0.3, 0.4) is 0 Å². The van der Waals surface area contributed by atoms with Crippen LogP contribution in [0.4, 0.5) is 17.5 Å². The highest BCUT2D eigenvalue weighted by Gasteiger charge is 2.20. The van der Waals surface area contributed by atoms with E-state index in [2.05, 4.69) is 76.9 Å². The summed E-state index contributed by atoms with van der Waals surface area (Å²) in [6.45, 7) is 10.1. The van der Waals surface area contributed by atoms with Crippen molar-refractivity contribution in [1.82, 2.24) is 14.3 Å². The van der Waals surface area contributed by atoms with Gasteiger partial charge in [-0.25, -0.2) is 9.29 Å². The van der Waals surface area contributed by atoms with Crippen molar-refractivity contribution >= 4 is 29.4 Å². The third-order valence-corrected chi connectivity index (χ3v) is 6.36. The van der Waals surface area contributed by atoms with Gasteiger partial charge in [-0.2, -0.15) is 4.98 Å². The second kappa shape index (κ2) is 9.49. The van der Waals surface area contributed by atoms with Gasteiger partial charge in [0.1, 0.15) is 5.82 Å². The fourth-order valence-corrected chi connectivity index (χ4v) is 4.36. The molecule has 1 aliphatic rings. The lowest BCUT2D eigenvalue weighted by atomic mass is 10.2. The Balaban J connectivity index is 1.37. The number of rotatable bonds is 6. The third-order valence-electron chi connectivity index (χ3n) is 5.25. The van der Waals surface area contributed by atoms with Crippen molar-refractivity contribution in [3.63, 3.8) is 0 Å². The molecule has 1 fully saturated rings. The van der Waals surface area contributed by atoms with Gasteiger partial charge in [0.25, 0.3) is 0 Å². The van der Waals surface area contributed by atoms with E-state index in [4.69, 9.17) is 9.97 Å². The molecule has 4 rings (SSSR count). The van der Waals surface area contributed by atoms with Gasteiger partial charge in [0.2, 0.25) is 5.95 Å². The molecule has 2 heterocycles. The second-order valence-electron chi connectivity index (χ2n) is 7.69. The van der Waals surface area contributed by atoms with Crippen LogP contribution < -0.4 is 10.2 Å². The molecule has 30 heavy (non-hydrogen) atoms. The van der Waals surface area contributed by atoms with E-state index in [1.807, 2.05) is 24.9 Å². The van der Waals surface area contributed by atoms with Gasteiger partial charge < -0.3 is 10.2 Å². The molecule has 6 heteroatoms. The standard InChI is InChI=1S/C24H29N5S/c1-4-20-7-11-22(12-8-20)30-29-15-13-28(14-16-29)24-25-19(3)17-23(27-24)26-21-9-5-18(2)6-10-21/h5-12,17H,4,13-16H2,1-3H3,(H,25,26,27). The highest BCUT2D eigenvalue weighted by Crippen LogP contribution is 2.26. The number of nitrogens with zero attached hydrogens (tertiary/aromatic N) is 4. The van der Waals surface area contributed by atoms with E-state index in [1.165, 1.54) is 16.0 Å². The molecule has 0 amide bonds. The Hall–Kier alpha value is -2.57. The number of anilines is 3. The Morgan fingerprint density at radius 3 is 2.27 bits per heavy atom. The normalized spacial score (nSPS) is 14.7. The van der Waals surface area contributed by atoms with Crippen LogP contribution in [-0.4, -0.2) is 40.5 Å². The molecule has 0 radical (unpaired) electrons. The second-order valence-corrected chi connectivity index (χ2v) is 8.86. The van der Waals surface area contributed by atoms with E-state index in [9.17, 15) is 0 Å². The first-order valence-electron chi connectivity index (χ1n) is 10.6. The molecule has 1 aliphatic heterocycles. The predicted molar refractivity (Wildman–Crippen MR) is 127 cm³/mol. The smallest absolute Gasteiger partial charge is 0.227 e. The lowest BCUT2D eigenvalue weighted by Crippen LogP contribution is -2.44. The molecule has 5 nitrogen and oxygen atoms in total. The van der Waals surface area contributed by atoms with Crippen LogP contribution in [0.15, 0.2) is 59.5 Å². The summed E-state index contributed by atoms with van der Waals surface area (Å²) in [5, 5.41) is 3.41. The first-order valence-corrected chi connectivity index (χ1v) is 11.3. The van der Waals surface area contributed by atoms with Crippen LogP contribution in [0.1, 0.15) is 23.7 Å². The average molecular weight is 420 g/mol. The van der Waals surface area contributed by atoms with Gasteiger partial charge in [0.15, 0.2) is 0 Å². The van der Waals surface area contributed by atoms with E-state index in [1.54, 1.807) is 0 Å². The molecule has 0 saturated carbocycles. The summed E-state index contributed by atoms with van der Waals surface area (Å²) in [7, 11) is 0. The quantitative estimate of drug-likeness (QED) is 0.552. The zero-order chi connectivity index (χ0) is 20.9. The van der Waals surface area contributed by atoms with Crippen molar-refractivity contribution in [2.24, 2.45) is 0 Å².